The second kappa shape index (κ2) is 8.18. The van der Waals surface area contributed by atoms with Gasteiger partial charge in [-0.05, 0) is 31.0 Å². The molecule has 0 saturated heterocycles. The smallest absolute Gasteiger partial charge is 0.0541 e. The Bertz CT molecular complexity index is 377. The zero-order valence-corrected chi connectivity index (χ0v) is 13.3. The molecule has 0 heterocycles. The molecule has 0 aliphatic heterocycles. The third kappa shape index (κ3) is 5.02. The van der Waals surface area contributed by atoms with Gasteiger partial charge in [0.1, 0.15) is 0 Å². The van der Waals surface area contributed by atoms with Crippen LogP contribution >= 0.6 is 23.4 Å². The van der Waals surface area contributed by atoms with Crippen molar-refractivity contribution in [3.63, 3.8) is 0 Å². The number of rotatable bonds is 7. The van der Waals surface area contributed by atoms with Crippen molar-refractivity contribution in [2.24, 2.45) is 5.92 Å². The van der Waals surface area contributed by atoms with Crippen LogP contribution in [0.5, 0.6) is 0 Å². The summed E-state index contributed by atoms with van der Waals surface area (Å²) < 4.78 is 0. The molecule has 2 rings (SSSR count). The number of nitrogens with one attached hydrogen (secondary N) is 1. The highest BCUT2D eigenvalue weighted by atomic mass is 35.5. The molecule has 3 heteroatoms. The summed E-state index contributed by atoms with van der Waals surface area (Å²) in [5, 5.41) is 4.51. The minimum absolute atomic E-state index is 0.620. The summed E-state index contributed by atoms with van der Waals surface area (Å²) >= 11 is 8.10. The van der Waals surface area contributed by atoms with Crippen molar-refractivity contribution in [1.82, 2.24) is 5.32 Å². The Morgan fingerprint density at radius 1 is 1.32 bits per heavy atom. The zero-order chi connectivity index (χ0) is 13.5. The van der Waals surface area contributed by atoms with Crippen molar-refractivity contribution in [2.75, 3.05) is 12.3 Å². The molecule has 0 spiro atoms. The molecule has 1 fully saturated rings. The molecule has 1 aliphatic rings. The van der Waals surface area contributed by atoms with E-state index in [4.69, 9.17) is 11.6 Å². The van der Waals surface area contributed by atoms with Gasteiger partial charge in [0.05, 0.1) is 5.02 Å². The van der Waals surface area contributed by atoms with E-state index in [0.29, 0.717) is 6.04 Å². The van der Waals surface area contributed by atoms with E-state index in [9.17, 15) is 0 Å². The molecule has 1 saturated carbocycles. The first kappa shape index (κ1) is 15.2. The summed E-state index contributed by atoms with van der Waals surface area (Å²) in [7, 11) is 0. The Morgan fingerprint density at radius 3 is 2.74 bits per heavy atom. The van der Waals surface area contributed by atoms with Crippen LogP contribution < -0.4 is 5.32 Å². The van der Waals surface area contributed by atoms with Gasteiger partial charge < -0.3 is 5.32 Å². The first-order valence-electron chi connectivity index (χ1n) is 7.40. The van der Waals surface area contributed by atoms with Gasteiger partial charge in [-0.1, -0.05) is 56.3 Å². The van der Waals surface area contributed by atoms with Gasteiger partial charge in [0, 0.05) is 16.7 Å². The van der Waals surface area contributed by atoms with E-state index in [0.717, 1.165) is 23.2 Å². The third-order valence-corrected chi connectivity index (χ3v) is 5.54. The monoisotopic (exact) mass is 297 g/mol. The fourth-order valence-corrected chi connectivity index (χ4v) is 4.21. The lowest BCUT2D eigenvalue weighted by Gasteiger charge is -2.21. The van der Waals surface area contributed by atoms with Gasteiger partial charge in [-0.25, -0.2) is 0 Å². The number of thioether (sulfide) groups is 1. The van der Waals surface area contributed by atoms with E-state index < -0.39 is 0 Å². The molecule has 1 nitrogen and oxygen atoms in total. The maximum atomic E-state index is 6.21. The van der Waals surface area contributed by atoms with Gasteiger partial charge in [0.25, 0.3) is 0 Å². The lowest BCUT2D eigenvalue weighted by Crippen LogP contribution is -2.32. The number of hydrogen-bond acceptors (Lipinski definition) is 2. The van der Waals surface area contributed by atoms with Crippen molar-refractivity contribution in [1.29, 1.82) is 0 Å². The minimum Gasteiger partial charge on any atom is -0.313 e. The fraction of sp³-hybridized carbons (Fsp3) is 0.625. The summed E-state index contributed by atoms with van der Waals surface area (Å²) in [6.45, 7) is 3.25. The quantitative estimate of drug-likeness (QED) is 0.712. The highest BCUT2D eigenvalue weighted by Crippen LogP contribution is 2.31. The molecule has 1 unspecified atom stereocenters. The molecule has 1 aliphatic carbocycles. The summed E-state index contributed by atoms with van der Waals surface area (Å²) in [5.74, 6) is 2.06. The first-order valence-corrected chi connectivity index (χ1v) is 8.76. The fourth-order valence-electron chi connectivity index (χ4n) is 2.90. The summed E-state index contributed by atoms with van der Waals surface area (Å²) in [4.78, 5) is 1.21. The van der Waals surface area contributed by atoms with Gasteiger partial charge in [0.15, 0.2) is 0 Å². The molecular weight excluding hydrogens is 274 g/mol. The maximum Gasteiger partial charge on any atom is 0.0541 e. The van der Waals surface area contributed by atoms with Crippen LogP contribution in [0.1, 0.15) is 39.0 Å². The number of halogens is 1. The molecule has 0 bridgehead atoms. The molecule has 106 valence electrons. The van der Waals surface area contributed by atoms with Crippen LogP contribution in [-0.2, 0) is 0 Å². The molecule has 0 aromatic heterocycles. The van der Waals surface area contributed by atoms with Crippen LogP contribution in [0.25, 0.3) is 0 Å². The summed E-state index contributed by atoms with van der Waals surface area (Å²) in [5.41, 5.74) is 0. The highest BCUT2D eigenvalue weighted by molar-refractivity contribution is 7.99. The normalized spacial score (nSPS) is 17.8. The van der Waals surface area contributed by atoms with Crippen LogP contribution in [0.3, 0.4) is 0 Å². The van der Waals surface area contributed by atoms with E-state index in [1.165, 1.54) is 37.0 Å². The Hall–Kier alpha value is -0.180. The lowest BCUT2D eigenvalue weighted by atomic mass is 9.99. The summed E-state index contributed by atoms with van der Waals surface area (Å²) in [6.07, 6.45) is 7.05. The Balaban J connectivity index is 1.84. The number of hydrogen-bond donors (Lipinski definition) is 1. The topological polar surface area (TPSA) is 12.0 Å². The minimum atomic E-state index is 0.620. The van der Waals surface area contributed by atoms with E-state index in [1.807, 2.05) is 23.9 Å². The maximum absolute atomic E-state index is 6.21. The lowest BCUT2D eigenvalue weighted by molar-refractivity contribution is 0.415. The predicted molar refractivity (Wildman–Crippen MR) is 86.2 cm³/mol. The molecule has 1 aromatic rings. The second-order valence-electron chi connectivity index (χ2n) is 5.38. The second-order valence-corrected chi connectivity index (χ2v) is 6.85. The molecule has 19 heavy (non-hydrogen) atoms. The van der Waals surface area contributed by atoms with Crippen LogP contribution in [0.2, 0.25) is 5.02 Å². The molecule has 1 aromatic carbocycles. The SMILES string of the molecule is CCNC(CSc1ccccc1Cl)CC1CCCC1. The first-order chi connectivity index (χ1) is 9.29. The van der Waals surface area contributed by atoms with Crippen molar-refractivity contribution >= 4 is 23.4 Å². The molecular formula is C16H24ClNS. The van der Waals surface area contributed by atoms with Crippen molar-refractivity contribution < 1.29 is 0 Å². The van der Waals surface area contributed by atoms with Crippen LogP contribution in [0.4, 0.5) is 0 Å². The van der Waals surface area contributed by atoms with Crippen LogP contribution in [0, 0.1) is 5.92 Å². The zero-order valence-electron chi connectivity index (χ0n) is 11.7. The van der Waals surface area contributed by atoms with Gasteiger partial charge in [0.2, 0.25) is 0 Å². The average molecular weight is 298 g/mol. The predicted octanol–water partition coefficient (Wildman–Crippen LogP) is 4.99. The van der Waals surface area contributed by atoms with Crippen molar-refractivity contribution in [3.05, 3.63) is 29.3 Å². The largest absolute Gasteiger partial charge is 0.313 e. The van der Waals surface area contributed by atoms with E-state index in [2.05, 4.69) is 24.4 Å². The van der Waals surface area contributed by atoms with Gasteiger partial charge in [-0.3, -0.25) is 0 Å². The van der Waals surface area contributed by atoms with E-state index in [1.54, 1.807) is 0 Å². The van der Waals surface area contributed by atoms with E-state index >= 15 is 0 Å². The Labute approximate surface area is 126 Å². The number of benzene rings is 1. The van der Waals surface area contributed by atoms with Crippen molar-refractivity contribution in [2.45, 2.75) is 50.0 Å². The Morgan fingerprint density at radius 2 is 2.05 bits per heavy atom. The van der Waals surface area contributed by atoms with Crippen LogP contribution in [0.15, 0.2) is 29.2 Å². The average Bonchev–Trinajstić information content (AvgIpc) is 2.91. The van der Waals surface area contributed by atoms with Crippen LogP contribution in [-0.4, -0.2) is 18.3 Å². The molecule has 0 amide bonds. The van der Waals surface area contributed by atoms with Gasteiger partial charge >= 0.3 is 0 Å². The van der Waals surface area contributed by atoms with Crippen molar-refractivity contribution in [3.8, 4) is 0 Å². The molecule has 1 N–H and O–H groups in total. The summed E-state index contributed by atoms with van der Waals surface area (Å²) in [6, 6.07) is 8.77. The highest BCUT2D eigenvalue weighted by Gasteiger charge is 2.20. The molecule has 1 atom stereocenters. The standard InChI is InChI=1S/C16H24ClNS/c1-2-18-14(11-13-7-3-4-8-13)12-19-16-10-6-5-9-15(16)17/h5-6,9-10,13-14,18H,2-4,7-8,11-12H2,1H3. The third-order valence-electron chi connectivity index (χ3n) is 3.86. The molecule has 0 radical (unpaired) electrons. The van der Waals surface area contributed by atoms with Gasteiger partial charge in [-0.2, -0.15) is 0 Å². The van der Waals surface area contributed by atoms with Gasteiger partial charge in [-0.15, -0.1) is 11.8 Å². The Kier molecular flexibility index (Phi) is 6.55. The van der Waals surface area contributed by atoms with E-state index in [-0.39, 0.29) is 0 Å².